The fraction of sp³-hybridized carbons (Fsp3) is 0.158. The van der Waals surface area contributed by atoms with Crippen molar-refractivity contribution < 1.29 is 19.1 Å². The molecule has 2 aromatic carbocycles. The summed E-state index contributed by atoms with van der Waals surface area (Å²) in [7, 11) is 0. The quantitative estimate of drug-likeness (QED) is 0.493. The molecule has 0 atom stereocenters. The molecule has 0 saturated heterocycles. The molecule has 0 aliphatic heterocycles. The molecule has 1 N–H and O–H groups in total. The molecular weight excluding hydrogens is 362 g/mol. The Kier molecular flexibility index (Phi) is 5.85. The van der Waals surface area contributed by atoms with Gasteiger partial charge in [-0.1, -0.05) is 6.92 Å². The van der Waals surface area contributed by atoms with Crippen LogP contribution in [0.3, 0.4) is 0 Å². The van der Waals surface area contributed by atoms with Gasteiger partial charge in [0.05, 0.1) is 11.3 Å². The molecule has 0 aliphatic carbocycles. The van der Waals surface area contributed by atoms with Crippen molar-refractivity contribution >= 4 is 23.3 Å². The molecule has 1 aromatic heterocycles. The number of amides is 1. The highest BCUT2D eigenvalue weighted by Gasteiger charge is 2.12. The highest BCUT2D eigenvalue weighted by atomic mass is 16.5. The Morgan fingerprint density at radius 3 is 2.29 bits per heavy atom. The van der Waals surface area contributed by atoms with E-state index in [1.54, 1.807) is 55.5 Å². The van der Waals surface area contributed by atoms with Crippen molar-refractivity contribution in [3.8, 4) is 5.69 Å². The van der Waals surface area contributed by atoms with Gasteiger partial charge in [-0.25, -0.2) is 9.48 Å². The minimum Gasteiger partial charge on any atom is -0.454 e. The Labute approximate surface area is 160 Å². The van der Waals surface area contributed by atoms with Gasteiger partial charge in [0.25, 0.3) is 0 Å². The number of nitrogens with zero attached hydrogens (tertiary/aromatic N) is 4. The standard InChI is InChI=1S/C19H17N5O4/c1-2-18(26)21-15-7-3-13(4-8-15)17(25)11-28-19(27)14-5-9-16(10-6-14)24-12-20-22-23-24/h3-10,12H,2,11H2,1H3,(H,21,26). The van der Waals surface area contributed by atoms with Gasteiger partial charge in [0.1, 0.15) is 6.33 Å². The molecule has 0 radical (unpaired) electrons. The lowest BCUT2D eigenvalue weighted by Gasteiger charge is -2.07. The molecule has 3 rings (SSSR count). The molecule has 1 amide bonds. The number of nitrogens with one attached hydrogen (secondary N) is 1. The van der Waals surface area contributed by atoms with Crippen LogP contribution in [0.25, 0.3) is 5.69 Å². The summed E-state index contributed by atoms with van der Waals surface area (Å²) in [6.45, 7) is 1.37. The Bertz CT molecular complexity index is 967. The molecule has 1 heterocycles. The van der Waals surface area contributed by atoms with Crippen molar-refractivity contribution in [2.24, 2.45) is 0 Å². The van der Waals surface area contributed by atoms with Crippen LogP contribution in [0.5, 0.6) is 0 Å². The highest BCUT2D eigenvalue weighted by Crippen LogP contribution is 2.12. The number of ketones is 1. The third-order valence-electron chi connectivity index (χ3n) is 3.86. The maximum Gasteiger partial charge on any atom is 0.338 e. The molecule has 0 fully saturated rings. The first kappa shape index (κ1) is 18.9. The lowest BCUT2D eigenvalue weighted by atomic mass is 10.1. The highest BCUT2D eigenvalue weighted by molar-refractivity contribution is 6.00. The molecule has 0 unspecified atom stereocenters. The number of tetrazole rings is 1. The van der Waals surface area contributed by atoms with Gasteiger partial charge in [0.2, 0.25) is 5.91 Å². The third kappa shape index (κ3) is 4.64. The maximum absolute atomic E-state index is 12.2. The smallest absolute Gasteiger partial charge is 0.338 e. The predicted octanol–water partition coefficient (Wildman–Crippen LogP) is 2.05. The summed E-state index contributed by atoms with van der Waals surface area (Å²) in [5.74, 6) is -1.06. The van der Waals surface area contributed by atoms with Gasteiger partial charge in [-0.3, -0.25) is 9.59 Å². The largest absolute Gasteiger partial charge is 0.454 e. The molecule has 9 heteroatoms. The first-order chi connectivity index (χ1) is 13.6. The van der Waals surface area contributed by atoms with E-state index >= 15 is 0 Å². The molecule has 9 nitrogen and oxygen atoms in total. The molecule has 3 aromatic rings. The topological polar surface area (TPSA) is 116 Å². The number of hydrogen-bond donors (Lipinski definition) is 1. The summed E-state index contributed by atoms with van der Waals surface area (Å²) in [6, 6.07) is 12.9. The molecule has 0 aliphatic rings. The van der Waals surface area contributed by atoms with Crippen molar-refractivity contribution in [3.63, 3.8) is 0 Å². The summed E-state index contributed by atoms with van der Waals surface area (Å²) in [5, 5.41) is 13.5. The van der Waals surface area contributed by atoms with Crippen LogP contribution >= 0.6 is 0 Å². The number of carbonyl (C=O) groups excluding carboxylic acids is 3. The number of Topliss-reactive ketones (excluding diaryl/α,β-unsaturated/α-hetero) is 1. The van der Waals surface area contributed by atoms with Gasteiger partial charge in [-0.2, -0.15) is 0 Å². The lowest BCUT2D eigenvalue weighted by Crippen LogP contribution is -2.14. The summed E-state index contributed by atoms with van der Waals surface area (Å²) < 4.78 is 6.53. The predicted molar refractivity (Wildman–Crippen MR) is 99.1 cm³/mol. The van der Waals surface area contributed by atoms with Crippen LogP contribution in [0, 0.1) is 0 Å². The second kappa shape index (κ2) is 8.67. The number of hydrogen-bond acceptors (Lipinski definition) is 7. The average Bonchev–Trinajstić information content (AvgIpc) is 3.27. The molecular formula is C19H17N5O4. The van der Waals surface area contributed by atoms with E-state index in [9.17, 15) is 14.4 Å². The van der Waals surface area contributed by atoms with Crippen molar-refractivity contribution in [2.45, 2.75) is 13.3 Å². The van der Waals surface area contributed by atoms with Gasteiger partial charge >= 0.3 is 5.97 Å². The van der Waals surface area contributed by atoms with Crippen molar-refractivity contribution in [2.75, 3.05) is 11.9 Å². The van der Waals surface area contributed by atoms with Crippen molar-refractivity contribution in [1.82, 2.24) is 20.2 Å². The van der Waals surface area contributed by atoms with Gasteiger partial charge < -0.3 is 10.1 Å². The second-order valence-corrected chi connectivity index (χ2v) is 5.78. The van der Waals surface area contributed by atoms with Crippen molar-refractivity contribution in [3.05, 3.63) is 66.0 Å². The SMILES string of the molecule is CCC(=O)Nc1ccc(C(=O)COC(=O)c2ccc(-n3cnnn3)cc2)cc1. The summed E-state index contributed by atoms with van der Waals surface area (Å²) in [4.78, 5) is 35.7. The zero-order valence-corrected chi connectivity index (χ0v) is 15.0. The number of anilines is 1. The maximum atomic E-state index is 12.2. The van der Waals surface area contributed by atoms with Gasteiger partial charge in [-0.05, 0) is 59.0 Å². The van der Waals surface area contributed by atoms with E-state index in [1.807, 2.05) is 0 Å². The normalized spacial score (nSPS) is 10.3. The van der Waals surface area contributed by atoms with Crippen LogP contribution in [0.15, 0.2) is 54.9 Å². The monoisotopic (exact) mass is 379 g/mol. The van der Waals surface area contributed by atoms with Gasteiger partial charge in [0.15, 0.2) is 12.4 Å². The summed E-state index contributed by atoms with van der Waals surface area (Å²) >= 11 is 0. The van der Waals surface area contributed by atoms with Crippen LogP contribution in [-0.4, -0.2) is 44.5 Å². The van der Waals surface area contributed by atoms with E-state index in [4.69, 9.17) is 4.74 Å². The lowest BCUT2D eigenvalue weighted by molar-refractivity contribution is -0.115. The molecule has 28 heavy (non-hydrogen) atoms. The zero-order valence-electron chi connectivity index (χ0n) is 15.0. The molecule has 0 saturated carbocycles. The third-order valence-corrected chi connectivity index (χ3v) is 3.86. The van der Waals surface area contributed by atoms with E-state index in [0.717, 1.165) is 0 Å². The van der Waals surface area contributed by atoms with Crippen LogP contribution < -0.4 is 5.32 Å². The number of benzene rings is 2. The Hall–Kier alpha value is -3.88. The van der Waals surface area contributed by atoms with E-state index in [2.05, 4.69) is 20.8 Å². The number of ether oxygens (including phenoxy) is 1. The second-order valence-electron chi connectivity index (χ2n) is 5.78. The van der Waals surface area contributed by atoms with Crippen LogP contribution in [0.4, 0.5) is 5.69 Å². The molecule has 0 bridgehead atoms. The summed E-state index contributed by atoms with van der Waals surface area (Å²) in [6.07, 6.45) is 1.80. The van der Waals surface area contributed by atoms with E-state index in [0.29, 0.717) is 28.9 Å². The molecule has 142 valence electrons. The first-order valence-electron chi connectivity index (χ1n) is 8.50. The Morgan fingerprint density at radius 2 is 1.68 bits per heavy atom. The average molecular weight is 379 g/mol. The minimum absolute atomic E-state index is 0.112. The molecule has 0 spiro atoms. The van der Waals surface area contributed by atoms with Crippen LogP contribution in [0.2, 0.25) is 0 Å². The fourth-order valence-electron chi connectivity index (χ4n) is 2.32. The Morgan fingerprint density at radius 1 is 1.00 bits per heavy atom. The number of carbonyl (C=O) groups is 3. The zero-order chi connectivity index (χ0) is 19.9. The van der Waals surface area contributed by atoms with E-state index in [-0.39, 0.29) is 18.3 Å². The number of esters is 1. The van der Waals surface area contributed by atoms with Gasteiger partial charge in [-0.15, -0.1) is 5.10 Å². The Balaban J connectivity index is 1.55. The minimum atomic E-state index is -0.608. The number of aromatic nitrogens is 4. The first-order valence-corrected chi connectivity index (χ1v) is 8.50. The summed E-state index contributed by atoms with van der Waals surface area (Å²) in [5.41, 5.74) is 1.98. The number of rotatable bonds is 7. The van der Waals surface area contributed by atoms with Crippen LogP contribution in [0.1, 0.15) is 34.1 Å². The van der Waals surface area contributed by atoms with Gasteiger partial charge in [0, 0.05) is 17.7 Å². The van der Waals surface area contributed by atoms with Crippen LogP contribution in [-0.2, 0) is 9.53 Å². The fourth-order valence-corrected chi connectivity index (χ4v) is 2.32. The van der Waals surface area contributed by atoms with Crippen molar-refractivity contribution in [1.29, 1.82) is 0 Å². The van der Waals surface area contributed by atoms with E-state index in [1.165, 1.54) is 11.0 Å². The van der Waals surface area contributed by atoms with E-state index < -0.39 is 5.97 Å².